The predicted octanol–water partition coefficient (Wildman–Crippen LogP) is 2.91. The summed E-state index contributed by atoms with van der Waals surface area (Å²) in [6, 6.07) is 18.0. The highest BCUT2D eigenvalue weighted by Gasteiger charge is 2.09. The van der Waals surface area contributed by atoms with Crippen molar-refractivity contribution < 1.29 is 9.84 Å². The maximum absolute atomic E-state index is 9.54. The average molecular weight is 271 g/mol. The first-order valence-electron chi connectivity index (χ1n) is 6.94. The molecular weight excluding hydrogens is 250 g/mol. The Bertz CT molecular complexity index is 496. The Balaban J connectivity index is 1.97. The summed E-state index contributed by atoms with van der Waals surface area (Å²) >= 11 is 0. The number of hydrogen-bond donors (Lipinski definition) is 2. The zero-order valence-corrected chi connectivity index (χ0v) is 11.8. The number of nitrogens with one attached hydrogen (secondary N) is 1. The van der Waals surface area contributed by atoms with Crippen molar-refractivity contribution in [1.29, 1.82) is 0 Å². The van der Waals surface area contributed by atoms with Crippen molar-refractivity contribution in [2.45, 2.75) is 19.5 Å². The van der Waals surface area contributed by atoms with Crippen molar-refractivity contribution in [2.75, 3.05) is 13.2 Å². The van der Waals surface area contributed by atoms with Crippen LogP contribution in [0.3, 0.4) is 0 Å². The number of ether oxygens (including phenoxy) is 1. The van der Waals surface area contributed by atoms with Gasteiger partial charge in [0.15, 0.2) is 0 Å². The lowest BCUT2D eigenvalue weighted by Crippen LogP contribution is -2.23. The van der Waals surface area contributed by atoms with Crippen LogP contribution >= 0.6 is 0 Å². The molecule has 0 fully saturated rings. The van der Waals surface area contributed by atoms with Gasteiger partial charge in [-0.25, -0.2) is 0 Å². The lowest BCUT2D eigenvalue weighted by atomic mass is 10.1. The highest BCUT2D eigenvalue weighted by molar-refractivity contribution is 5.29. The van der Waals surface area contributed by atoms with E-state index >= 15 is 0 Å². The fourth-order valence-corrected chi connectivity index (χ4v) is 2.09. The van der Waals surface area contributed by atoms with Crippen LogP contribution < -0.4 is 10.1 Å². The van der Waals surface area contributed by atoms with E-state index in [-0.39, 0.29) is 12.6 Å². The van der Waals surface area contributed by atoms with E-state index in [0.717, 1.165) is 17.9 Å². The Morgan fingerprint density at radius 3 is 2.35 bits per heavy atom. The van der Waals surface area contributed by atoms with Crippen molar-refractivity contribution in [2.24, 2.45) is 0 Å². The number of aliphatic hydroxyl groups excluding tert-OH is 1. The first kappa shape index (κ1) is 14.6. The fraction of sp³-hybridized carbons (Fsp3) is 0.294. The van der Waals surface area contributed by atoms with E-state index in [4.69, 9.17) is 4.74 Å². The monoisotopic (exact) mass is 271 g/mol. The van der Waals surface area contributed by atoms with Crippen LogP contribution in [-0.4, -0.2) is 18.3 Å². The molecule has 0 aromatic heterocycles. The summed E-state index contributed by atoms with van der Waals surface area (Å²) in [5.41, 5.74) is 2.27. The van der Waals surface area contributed by atoms with E-state index in [1.54, 1.807) is 0 Å². The molecule has 0 aliphatic rings. The third kappa shape index (κ3) is 4.08. The average Bonchev–Trinajstić information content (AvgIpc) is 2.51. The molecule has 106 valence electrons. The van der Waals surface area contributed by atoms with E-state index in [1.807, 2.05) is 49.4 Å². The molecule has 0 aliphatic carbocycles. The third-order valence-electron chi connectivity index (χ3n) is 3.17. The van der Waals surface area contributed by atoms with Crippen LogP contribution in [0, 0.1) is 0 Å². The highest BCUT2D eigenvalue weighted by Crippen LogP contribution is 2.18. The zero-order chi connectivity index (χ0) is 14.2. The number of rotatable bonds is 7. The van der Waals surface area contributed by atoms with Gasteiger partial charge in [-0.1, -0.05) is 42.5 Å². The highest BCUT2D eigenvalue weighted by atomic mass is 16.5. The molecule has 0 saturated carbocycles. The van der Waals surface area contributed by atoms with Crippen molar-refractivity contribution in [3.05, 3.63) is 65.7 Å². The second kappa shape index (κ2) is 7.68. The Morgan fingerprint density at radius 1 is 1.05 bits per heavy atom. The molecule has 0 radical (unpaired) electrons. The number of benzene rings is 2. The molecule has 2 aromatic carbocycles. The van der Waals surface area contributed by atoms with Gasteiger partial charge in [-0.2, -0.15) is 0 Å². The molecule has 0 bridgehead atoms. The summed E-state index contributed by atoms with van der Waals surface area (Å²) in [5, 5.41) is 12.9. The molecule has 0 heterocycles. The third-order valence-corrected chi connectivity index (χ3v) is 3.17. The molecule has 2 aromatic rings. The van der Waals surface area contributed by atoms with Gasteiger partial charge in [0.2, 0.25) is 0 Å². The molecule has 0 amide bonds. The number of hydrogen-bond acceptors (Lipinski definition) is 3. The second-order valence-electron chi connectivity index (χ2n) is 4.60. The summed E-state index contributed by atoms with van der Waals surface area (Å²) in [6.07, 6.45) is 0. The second-order valence-corrected chi connectivity index (χ2v) is 4.60. The molecule has 2 rings (SSSR count). The Hall–Kier alpha value is -1.84. The van der Waals surface area contributed by atoms with Gasteiger partial charge >= 0.3 is 0 Å². The first-order valence-corrected chi connectivity index (χ1v) is 6.94. The molecule has 3 nitrogen and oxygen atoms in total. The van der Waals surface area contributed by atoms with Crippen LogP contribution in [0.2, 0.25) is 0 Å². The molecule has 1 unspecified atom stereocenters. The summed E-state index contributed by atoms with van der Waals surface area (Å²) in [6.45, 7) is 3.43. The van der Waals surface area contributed by atoms with Gasteiger partial charge in [0, 0.05) is 6.54 Å². The summed E-state index contributed by atoms with van der Waals surface area (Å²) < 4.78 is 5.42. The van der Waals surface area contributed by atoms with Gasteiger partial charge in [0.05, 0.1) is 19.3 Å². The largest absolute Gasteiger partial charge is 0.494 e. The van der Waals surface area contributed by atoms with Gasteiger partial charge in [0.25, 0.3) is 0 Å². The predicted molar refractivity (Wildman–Crippen MR) is 80.7 cm³/mol. The Labute approximate surface area is 120 Å². The SMILES string of the molecule is CCOc1ccc(C(CO)NCc2ccccc2)cc1. The van der Waals surface area contributed by atoms with Gasteiger partial charge < -0.3 is 15.2 Å². The van der Waals surface area contributed by atoms with Gasteiger partial charge in [-0.3, -0.25) is 0 Å². The van der Waals surface area contributed by atoms with Crippen molar-refractivity contribution >= 4 is 0 Å². The standard InChI is InChI=1S/C17H21NO2/c1-2-20-16-10-8-15(9-11-16)17(13-19)18-12-14-6-4-3-5-7-14/h3-11,17-19H,2,12-13H2,1H3. The normalized spacial score (nSPS) is 12.1. The van der Waals surface area contributed by atoms with Crippen LogP contribution in [0.15, 0.2) is 54.6 Å². The maximum Gasteiger partial charge on any atom is 0.119 e. The summed E-state index contributed by atoms with van der Waals surface area (Å²) in [5.74, 6) is 0.857. The van der Waals surface area contributed by atoms with Crippen molar-refractivity contribution in [3.8, 4) is 5.75 Å². The quantitative estimate of drug-likeness (QED) is 0.813. The molecule has 2 N–H and O–H groups in total. The molecular formula is C17H21NO2. The molecule has 1 atom stereocenters. The van der Waals surface area contributed by atoms with E-state index in [9.17, 15) is 5.11 Å². The fourth-order valence-electron chi connectivity index (χ4n) is 2.09. The molecule has 0 saturated heterocycles. The van der Waals surface area contributed by atoms with E-state index < -0.39 is 0 Å². The lowest BCUT2D eigenvalue weighted by Gasteiger charge is -2.17. The minimum atomic E-state index is -0.0640. The maximum atomic E-state index is 9.54. The minimum Gasteiger partial charge on any atom is -0.494 e. The van der Waals surface area contributed by atoms with Crippen LogP contribution in [0.1, 0.15) is 24.1 Å². The van der Waals surface area contributed by atoms with Crippen molar-refractivity contribution in [3.63, 3.8) is 0 Å². The molecule has 20 heavy (non-hydrogen) atoms. The molecule has 0 aliphatic heterocycles. The van der Waals surface area contributed by atoms with Crippen LogP contribution in [0.4, 0.5) is 0 Å². The Morgan fingerprint density at radius 2 is 1.75 bits per heavy atom. The van der Waals surface area contributed by atoms with Gasteiger partial charge in [-0.15, -0.1) is 0 Å². The molecule has 0 spiro atoms. The summed E-state index contributed by atoms with van der Waals surface area (Å²) in [4.78, 5) is 0. The molecule has 3 heteroatoms. The lowest BCUT2D eigenvalue weighted by molar-refractivity contribution is 0.243. The summed E-state index contributed by atoms with van der Waals surface area (Å²) in [7, 11) is 0. The van der Waals surface area contributed by atoms with Gasteiger partial charge in [0.1, 0.15) is 5.75 Å². The smallest absolute Gasteiger partial charge is 0.119 e. The number of aliphatic hydroxyl groups is 1. The topological polar surface area (TPSA) is 41.5 Å². The van der Waals surface area contributed by atoms with E-state index in [1.165, 1.54) is 5.56 Å². The minimum absolute atomic E-state index is 0.0640. The van der Waals surface area contributed by atoms with E-state index in [0.29, 0.717) is 6.61 Å². The first-order chi connectivity index (χ1) is 9.83. The van der Waals surface area contributed by atoms with E-state index in [2.05, 4.69) is 17.4 Å². The van der Waals surface area contributed by atoms with Gasteiger partial charge in [-0.05, 0) is 30.2 Å². The Kier molecular flexibility index (Phi) is 5.59. The van der Waals surface area contributed by atoms with Crippen LogP contribution in [-0.2, 0) is 6.54 Å². The van der Waals surface area contributed by atoms with Crippen molar-refractivity contribution in [1.82, 2.24) is 5.32 Å². The van der Waals surface area contributed by atoms with Crippen LogP contribution in [0.25, 0.3) is 0 Å². The zero-order valence-electron chi connectivity index (χ0n) is 11.8. The van der Waals surface area contributed by atoms with Crippen LogP contribution in [0.5, 0.6) is 5.75 Å².